The quantitative estimate of drug-likeness (QED) is 0.618. The Morgan fingerprint density at radius 2 is 1.94 bits per heavy atom. The highest BCUT2D eigenvalue weighted by Crippen LogP contribution is 2.28. The molecule has 1 heterocycles. The zero-order chi connectivity index (χ0) is 13.2. The number of hydrogen-bond acceptors (Lipinski definition) is 3. The van der Waals surface area contributed by atoms with Crippen LogP contribution in [0.25, 0.3) is 0 Å². The fourth-order valence-electron chi connectivity index (χ4n) is 0.996. The van der Waals surface area contributed by atoms with Gasteiger partial charge in [0.1, 0.15) is 11.5 Å². The number of rotatable bonds is 3. The SMILES string of the molecule is O=Cc1nc(OC(F)(F)F)cc(F)c1C(F)F. The molecule has 1 aromatic heterocycles. The Morgan fingerprint density at radius 3 is 2.35 bits per heavy atom. The lowest BCUT2D eigenvalue weighted by molar-refractivity contribution is -0.276. The summed E-state index contributed by atoms with van der Waals surface area (Å²) in [5.41, 5.74) is -2.51. The maximum absolute atomic E-state index is 13.0. The zero-order valence-corrected chi connectivity index (χ0v) is 7.76. The van der Waals surface area contributed by atoms with E-state index in [4.69, 9.17) is 0 Å². The van der Waals surface area contributed by atoms with Gasteiger partial charge in [-0.05, 0) is 0 Å². The summed E-state index contributed by atoms with van der Waals surface area (Å²) >= 11 is 0. The van der Waals surface area contributed by atoms with Gasteiger partial charge in [0.05, 0.1) is 5.56 Å². The number of ether oxygens (including phenoxy) is 1. The van der Waals surface area contributed by atoms with E-state index in [1.165, 1.54) is 0 Å². The van der Waals surface area contributed by atoms with Crippen molar-refractivity contribution in [1.29, 1.82) is 0 Å². The Morgan fingerprint density at radius 1 is 1.35 bits per heavy atom. The normalized spacial score (nSPS) is 11.7. The van der Waals surface area contributed by atoms with Crippen molar-refractivity contribution in [2.24, 2.45) is 0 Å². The van der Waals surface area contributed by atoms with Gasteiger partial charge in [-0.15, -0.1) is 13.2 Å². The third-order valence-electron chi connectivity index (χ3n) is 1.56. The molecule has 0 N–H and O–H groups in total. The predicted molar refractivity (Wildman–Crippen MR) is 41.2 cm³/mol. The number of halogens is 6. The molecule has 0 atom stereocenters. The van der Waals surface area contributed by atoms with E-state index in [0.717, 1.165) is 0 Å². The van der Waals surface area contributed by atoms with Crippen molar-refractivity contribution in [3.05, 3.63) is 23.1 Å². The smallest absolute Gasteiger partial charge is 0.388 e. The Labute approximate surface area is 90.0 Å². The van der Waals surface area contributed by atoms with Gasteiger partial charge in [-0.25, -0.2) is 18.2 Å². The van der Waals surface area contributed by atoms with E-state index in [1.807, 2.05) is 0 Å². The van der Waals surface area contributed by atoms with Gasteiger partial charge in [-0.2, -0.15) is 0 Å². The number of carbonyl (C=O) groups excluding carboxylic acids is 1. The highest BCUT2D eigenvalue weighted by Gasteiger charge is 2.33. The Kier molecular flexibility index (Phi) is 3.59. The molecule has 94 valence electrons. The standard InChI is InChI=1S/C8H3F6NO2/c9-3-1-5(17-8(12,13)14)15-4(2-16)6(3)7(10)11/h1-2,7H. The first-order valence-corrected chi connectivity index (χ1v) is 3.94. The summed E-state index contributed by atoms with van der Waals surface area (Å²) in [6.45, 7) is 0. The molecule has 0 aliphatic rings. The first-order chi connectivity index (χ1) is 7.74. The molecular weight excluding hydrogens is 256 g/mol. The average Bonchev–Trinajstić information content (AvgIpc) is 2.12. The van der Waals surface area contributed by atoms with Crippen molar-refractivity contribution in [2.75, 3.05) is 0 Å². The molecule has 0 saturated carbocycles. The fraction of sp³-hybridized carbons (Fsp3) is 0.250. The molecule has 0 radical (unpaired) electrons. The van der Waals surface area contributed by atoms with Gasteiger partial charge in [0, 0.05) is 6.07 Å². The number of aromatic nitrogens is 1. The molecule has 0 aliphatic carbocycles. The molecule has 0 amide bonds. The Hall–Kier alpha value is -1.80. The lowest BCUT2D eigenvalue weighted by atomic mass is 10.2. The molecule has 1 aromatic rings. The first-order valence-electron chi connectivity index (χ1n) is 3.94. The van der Waals surface area contributed by atoms with Crippen LogP contribution in [0.3, 0.4) is 0 Å². The second-order valence-electron chi connectivity index (χ2n) is 2.71. The molecule has 1 rings (SSSR count). The summed E-state index contributed by atoms with van der Waals surface area (Å²) in [7, 11) is 0. The maximum atomic E-state index is 13.0. The summed E-state index contributed by atoms with van der Waals surface area (Å²) < 4.78 is 75.9. The summed E-state index contributed by atoms with van der Waals surface area (Å²) in [6, 6.07) is 0.0297. The third kappa shape index (κ3) is 3.33. The molecule has 0 saturated heterocycles. The van der Waals surface area contributed by atoms with Crippen molar-refractivity contribution < 1.29 is 35.9 Å². The van der Waals surface area contributed by atoms with Gasteiger partial charge in [0.2, 0.25) is 5.88 Å². The van der Waals surface area contributed by atoms with Crippen LogP contribution >= 0.6 is 0 Å². The molecule has 0 spiro atoms. The van der Waals surface area contributed by atoms with Crippen LogP contribution in [0.2, 0.25) is 0 Å². The van der Waals surface area contributed by atoms with E-state index in [-0.39, 0.29) is 12.4 Å². The van der Waals surface area contributed by atoms with Crippen LogP contribution in [0, 0.1) is 5.82 Å². The van der Waals surface area contributed by atoms with Crippen molar-refractivity contribution >= 4 is 6.29 Å². The topological polar surface area (TPSA) is 39.2 Å². The lowest BCUT2D eigenvalue weighted by Gasteiger charge is -2.10. The molecule has 0 aliphatic heterocycles. The van der Waals surface area contributed by atoms with E-state index in [9.17, 15) is 31.1 Å². The third-order valence-corrected chi connectivity index (χ3v) is 1.56. The summed E-state index contributed by atoms with van der Waals surface area (Å²) in [6.07, 6.45) is -8.82. The van der Waals surface area contributed by atoms with E-state index in [0.29, 0.717) is 0 Å². The van der Waals surface area contributed by atoms with Crippen molar-refractivity contribution in [3.8, 4) is 5.88 Å². The van der Waals surface area contributed by atoms with Gasteiger partial charge in [0.15, 0.2) is 6.29 Å². The number of carbonyl (C=O) groups is 1. The van der Waals surface area contributed by atoms with Crippen LogP contribution in [0.1, 0.15) is 22.5 Å². The second-order valence-corrected chi connectivity index (χ2v) is 2.71. The zero-order valence-electron chi connectivity index (χ0n) is 7.76. The van der Waals surface area contributed by atoms with Gasteiger partial charge in [-0.3, -0.25) is 4.79 Å². The number of hydrogen-bond donors (Lipinski definition) is 0. The number of nitrogens with zero attached hydrogens (tertiary/aromatic N) is 1. The monoisotopic (exact) mass is 259 g/mol. The molecule has 0 fully saturated rings. The van der Waals surface area contributed by atoms with E-state index in [2.05, 4.69) is 9.72 Å². The van der Waals surface area contributed by atoms with Gasteiger partial charge in [0.25, 0.3) is 6.43 Å². The molecular formula is C8H3F6NO2. The van der Waals surface area contributed by atoms with Crippen LogP contribution in [-0.2, 0) is 0 Å². The van der Waals surface area contributed by atoms with Crippen LogP contribution in [0.5, 0.6) is 5.88 Å². The van der Waals surface area contributed by atoms with E-state index >= 15 is 0 Å². The molecule has 9 heteroatoms. The van der Waals surface area contributed by atoms with Crippen molar-refractivity contribution in [1.82, 2.24) is 4.98 Å². The first kappa shape index (κ1) is 13.3. The molecule has 0 aromatic carbocycles. The van der Waals surface area contributed by atoms with Crippen LogP contribution < -0.4 is 4.74 Å². The average molecular weight is 259 g/mol. The molecule has 3 nitrogen and oxygen atoms in total. The van der Waals surface area contributed by atoms with E-state index in [1.54, 1.807) is 0 Å². The fourth-order valence-corrected chi connectivity index (χ4v) is 0.996. The summed E-state index contributed by atoms with van der Waals surface area (Å²) in [4.78, 5) is 13.1. The number of alkyl halides is 5. The number of aldehydes is 1. The second kappa shape index (κ2) is 4.60. The van der Waals surface area contributed by atoms with Crippen LogP contribution in [0.15, 0.2) is 6.07 Å². The van der Waals surface area contributed by atoms with Crippen molar-refractivity contribution in [3.63, 3.8) is 0 Å². The Bertz CT molecular complexity index is 431. The summed E-state index contributed by atoms with van der Waals surface area (Å²) in [5, 5.41) is 0. The number of pyridine rings is 1. The molecule has 17 heavy (non-hydrogen) atoms. The highest BCUT2D eigenvalue weighted by atomic mass is 19.4. The van der Waals surface area contributed by atoms with Crippen molar-refractivity contribution in [2.45, 2.75) is 12.8 Å². The molecule has 0 unspecified atom stereocenters. The largest absolute Gasteiger partial charge is 0.574 e. The minimum Gasteiger partial charge on any atom is -0.388 e. The van der Waals surface area contributed by atoms with Crippen LogP contribution in [-0.4, -0.2) is 17.6 Å². The molecule has 0 bridgehead atoms. The Balaban J connectivity index is 3.23. The lowest BCUT2D eigenvalue weighted by Crippen LogP contribution is -2.19. The minimum atomic E-state index is -5.16. The van der Waals surface area contributed by atoms with Crippen LogP contribution in [0.4, 0.5) is 26.3 Å². The van der Waals surface area contributed by atoms with Gasteiger partial charge in [-0.1, -0.05) is 0 Å². The minimum absolute atomic E-state index is 0.0297. The summed E-state index contributed by atoms with van der Waals surface area (Å²) in [5.74, 6) is -3.02. The van der Waals surface area contributed by atoms with Gasteiger partial charge < -0.3 is 4.74 Å². The maximum Gasteiger partial charge on any atom is 0.574 e. The highest BCUT2D eigenvalue weighted by molar-refractivity contribution is 5.74. The van der Waals surface area contributed by atoms with E-state index < -0.39 is 35.7 Å². The predicted octanol–water partition coefficient (Wildman–Crippen LogP) is 2.87. The van der Waals surface area contributed by atoms with Gasteiger partial charge >= 0.3 is 6.36 Å².